The van der Waals surface area contributed by atoms with Crippen molar-refractivity contribution in [2.45, 2.75) is 31.7 Å². The van der Waals surface area contributed by atoms with Gasteiger partial charge in [-0.1, -0.05) is 61.3 Å². The van der Waals surface area contributed by atoms with Crippen molar-refractivity contribution >= 4 is 34.8 Å². The maximum absolute atomic E-state index is 12.8. The lowest BCUT2D eigenvalue weighted by atomic mass is 9.81. The molecule has 1 amide bonds. The normalized spacial score (nSPS) is 17.6. The highest BCUT2D eigenvalue weighted by molar-refractivity contribution is 6.31. The number of amides is 1. The van der Waals surface area contributed by atoms with Crippen molar-refractivity contribution in [1.29, 1.82) is 0 Å². The third-order valence-corrected chi connectivity index (χ3v) is 5.43. The molecule has 1 aliphatic rings. The summed E-state index contributed by atoms with van der Waals surface area (Å²) in [5.41, 5.74) is 3.02. The van der Waals surface area contributed by atoms with Crippen LogP contribution in [-0.4, -0.2) is 27.6 Å². The van der Waals surface area contributed by atoms with Crippen LogP contribution in [0.5, 0.6) is 0 Å². The van der Waals surface area contributed by atoms with E-state index < -0.39 is 6.04 Å². The SMILES string of the molecule is [C-]#[N+]C1C(CCC)=Nc2nn(C(=O)Nc3ccccc3)cc2C1c1ccccc1Cl. The zero-order valence-corrected chi connectivity index (χ0v) is 17.2. The van der Waals surface area contributed by atoms with Gasteiger partial charge >= 0.3 is 6.03 Å². The summed E-state index contributed by atoms with van der Waals surface area (Å²) in [6.45, 7) is 9.88. The van der Waals surface area contributed by atoms with Crippen LogP contribution in [0.3, 0.4) is 0 Å². The van der Waals surface area contributed by atoms with Crippen molar-refractivity contribution in [2.24, 2.45) is 4.99 Å². The quantitative estimate of drug-likeness (QED) is 0.535. The number of para-hydroxylation sites is 1. The van der Waals surface area contributed by atoms with E-state index in [4.69, 9.17) is 18.2 Å². The molecule has 6 nitrogen and oxygen atoms in total. The summed E-state index contributed by atoms with van der Waals surface area (Å²) in [4.78, 5) is 21.3. The molecule has 0 bridgehead atoms. The second-order valence-corrected chi connectivity index (χ2v) is 7.48. The zero-order chi connectivity index (χ0) is 21.1. The van der Waals surface area contributed by atoms with Crippen LogP contribution < -0.4 is 5.32 Å². The first-order valence-electron chi connectivity index (χ1n) is 9.76. The highest BCUT2D eigenvalue weighted by atomic mass is 35.5. The molecule has 0 saturated carbocycles. The first kappa shape index (κ1) is 19.9. The molecule has 4 rings (SSSR count). The van der Waals surface area contributed by atoms with Gasteiger partial charge in [-0.25, -0.2) is 16.4 Å². The van der Waals surface area contributed by atoms with E-state index in [2.05, 4.69) is 27.2 Å². The molecule has 1 aliphatic heterocycles. The Labute approximate surface area is 180 Å². The number of hydrogen-bond acceptors (Lipinski definition) is 3. The third kappa shape index (κ3) is 3.72. The first-order valence-corrected chi connectivity index (χ1v) is 10.1. The molecule has 2 unspecified atom stereocenters. The number of nitrogens with one attached hydrogen (secondary N) is 1. The van der Waals surface area contributed by atoms with E-state index in [1.54, 1.807) is 18.3 Å². The van der Waals surface area contributed by atoms with Crippen molar-refractivity contribution in [1.82, 2.24) is 9.78 Å². The standard InChI is InChI=1S/C23H20ClN5O/c1-3-9-19-21(25-2)20(16-12-7-8-13-18(16)24)17-14-29(28-22(17)27-19)23(30)26-15-10-5-4-6-11-15/h4-8,10-14,20-21H,3,9H2,1H3,(H,26,30). The minimum atomic E-state index is -0.479. The van der Waals surface area contributed by atoms with Gasteiger partial charge < -0.3 is 10.2 Å². The number of hydrogen-bond donors (Lipinski definition) is 1. The van der Waals surface area contributed by atoms with E-state index in [-0.39, 0.29) is 11.9 Å². The van der Waals surface area contributed by atoms with Crippen LogP contribution in [0.25, 0.3) is 4.85 Å². The Balaban J connectivity index is 1.78. The molecule has 0 spiro atoms. The molecule has 2 atom stereocenters. The number of carbonyl (C=O) groups is 1. The van der Waals surface area contributed by atoms with Gasteiger partial charge in [0, 0.05) is 22.5 Å². The van der Waals surface area contributed by atoms with Crippen molar-refractivity contribution in [3.8, 4) is 0 Å². The number of halogens is 1. The Morgan fingerprint density at radius 2 is 1.90 bits per heavy atom. The lowest BCUT2D eigenvalue weighted by Crippen LogP contribution is -2.29. The van der Waals surface area contributed by atoms with E-state index in [1.807, 2.05) is 42.5 Å². The second kappa shape index (κ2) is 8.52. The van der Waals surface area contributed by atoms with Gasteiger partial charge in [-0.05, 0) is 30.2 Å². The van der Waals surface area contributed by atoms with Gasteiger partial charge in [0.1, 0.15) is 5.71 Å². The van der Waals surface area contributed by atoms with E-state index in [9.17, 15) is 4.79 Å². The topological polar surface area (TPSA) is 63.6 Å². The van der Waals surface area contributed by atoms with Crippen LogP contribution in [0, 0.1) is 6.57 Å². The maximum atomic E-state index is 12.8. The Hall–Kier alpha value is -3.43. The van der Waals surface area contributed by atoms with Gasteiger partial charge in [0.05, 0.1) is 5.92 Å². The minimum absolute atomic E-state index is 0.330. The number of fused-ring (bicyclic) bond motifs is 1. The lowest BCUT2D eigenvalue weighted by Gasteiger charge is -2.24. The van der Waals surface area contributed by atoms with Crippen LogP contribution in [0.15, 0.2) is 65.8 Å². The molecule has 0 fully saturated rings. The lowest BCUT2D eigenvalue weighted by molar-refractivity contribution is 0.251. The zero-order valence-electron chi connectivity index (χ0n) is 16.4. The van der Waals surface area contributed by atoms with Gasteiger partial charge in [-0.15, -0.1) is 5.10 Å². The monoisotopic (exact) mass is 417 g/mol. The molecule has 2 heterocycles. The van der Waals surface area contributed by atoms with E-state index in [0.29, 0.717) is 22.9 Å². The van der Waals surface area contributed by atoms with Gasteiger partial charge in [-0.2, -0.15) is 4.68 Å². The van der Waals surface area contributed by atoms with Gasteiger partial charge in [0.2, 0.25) is 0 Å². The fourth-order valence-electron chi connectivity index (χ4n) is 3.73. The average Bonchev–Trinajstić information content (AvgIpc) is 3.18. The summed E-state index contributed by atoms with van der Waals surface area (Å²) in [5, 5.41) is 7.83. The van der Waals surface area contributed by atoms with E-state index in [1.165, 1.54) is 4.68 Å². The highest BCUT2D eigenvalue weighted by Crippen LogP contribution is 2.42. The number of anilines is 1. The molecule has 0 radical (unpaired) electrons. The minimum Gasteiger partial charge on any atom is -0.306 e. The second-order valence-electron chi connectivity index (χ2n) is 7.08. The summed E-state index contributed by atoms with van der Waals surface area (Å²) >= 11 is 6.50. The molecule has 7 heteroatoms. The van der Waals surface area contributed by atoms with Gasteiger partial charge in [-0.3, -0.25) is 0 Å². The third-order valence-electron chi connectivity index (χ3n) is 5.08. The van der Waals surface area contributed by atoms with E-state index >= 15 is 0 Å². The number of aliphatic imine (C=N–C) groups is 1. The van der Waals surface area contributed by atoms with Crippen LogP contribution in [0.2, 0.25) is 5.02 Å². The molecule has 1 aromatic heterocycles. The number of rotatable bonds is 4. The highest BCUT2D eigenvalue weighted by Gasteiger charge is 2.41. The van der Waals surface area contributed by atoms with E-state index in [0.717, 1.165) is 23.3 Å². The molecule has 1 N–H and O–H groups in total. The largest absolute Gasteiger partial charge is 0.346 e. The first-order chi connectivity index (χ1) is 14.6. The van der Waals surface area contributed by atoms with Gasteiger partial charge in [0.25, 0.3) is 6.04 Å². The van der Waals surface area contributed by atoms with Crippen LogP contribution in [-0.2, 0) is 0 Å². The van der Waals surface area contributed by atoms with Crippen molar-refractivity contribution in [3.63, 3.8) is 0 Å². The molecule has 3 aromatic rings. The summed E-state index contributed by atoms with van der Waals surface area (Å²) in [5.74, 6) is 0.134. The summed E-state index contributed by atoms with van der Waals surface area (Å²) < 4.78 is 1.25. The fourth-order valence-corrected chi connectivity index (χ4v) is 3.98. The Bertz CT molecular complexity index is 1150. The molecule has 2 aromatic carbocycles. The fraction of sp³-hybridized carbons (Fsp3) is 0.217. The number of aromatic nitrogens is 2. The molecule has 150 valence electrons. The number of nitrogens with zero attached hydrogens (tertiary/aromatic N) is 4. The van der Waals surface area contributed by atoms with Crippen LogP contribution in [0.1, 0.15) is 36.8 Å². The average molecular weight is 418 g/mol. The number of benzene rings is 2. The molecular formula is C23H20ClN5O. The molecule has 30 heavy (non-hydrogen) atoms. The van der Waals surface area contributed by atoms with Crippen molar-refractivity contribution in [3.05, 3.63) is 88.4 Å². The molecular weight excluding hydrogens is 398 g/mol. The van der Waals surface area contributed by atoms with Crippen LogP contribution in [0.4, 0.5) is 16.3 Å². The summed E-state index contributed by atoms with van der Waals surface area (Å²) in [6, 6.07) is 15.8. The van der Waals surface area contributed by atoms with Gasteiger partial charge in [0.15, 0.2) is 5.82 Å². The summed E-state index contributed by atoms with van der Waals surface area (Å²) in [7, 11) is 0. The van der Waals surface area contributed by atoms with Crippen molar-refractivity contribution in [2.75, 3.05) is 5.32 Å². The molecule has 0 aliphatic carbocycles. The van der Waals surface area contributed by atoms with Crippen LogP contribution >= 0.6 is 11.6 Å². The summed E-state index contributed by atoms with van der Waals surface area (Å²) in [6.07, 6.45) is 3.22. The Morgan fingerprint density at radius 1 is 1.17 bits per heavy atom. The number of carbonyl (C=O) groups excluding carboxylic acids is 1. The predicted octanol–water partition coefficient (Wildman–Crippen LogP) is 5.92. The maximum Gasteiger partial charge on any atom is 0.346 e. The molecule has 0 saturated heterocycles. The Morgan fingerprint density at radius 3 is 2.60 bits per heavy atom. The van der Waals surface area contributed by atoms with Crippen molar-refractivity contribution < 1.29 is 4.79 Å². The smallest absolute Gasteiger partial charge is 0.306 e. The Kier molecular flexibility index (Phi) is 5.64. The predicted molar refractivity (Wildman–Crippen MR) is 119 cm³/mol.